The number of aliphatic hydroxyl groups excluding tert-OH is 1. The Morgan fingerprint density at radius 2 is 1.69 bits per heavy atom. The first-order valence-corrected chi connectivity index (χ1v) is 16.4. The van der Waals surface area contributed by atoms with Crippen molar-refractivity contribution in [2.75, 3.05) is 43.9 Å². The first-order chi connectivity index (χ1) is 16.2. The van der Waals surface area contributed by atoms with Crippen molar-refractivity contribution in [3.63, 3.8) is 0 Å². The topological polar surface area (TPSA) is 32.7 Å². The van der Waals surface area contributed by atoms with E-state index in [1.807, 2.05) is 12.2 Å². The van der Waals surface area contributed by atoms with Crippen LogP contribution in [-0.2, 0) is 10.5 Å². The first kappa shape index (κ1) is 29.1. The molecule has 0 fully saturated rings. The van der Waals surface area contributed by atoms with Gasteiger partial charge in [0.05, 0.1) is 7.11 Å². The number of ether oxygens (including phenoxy) is 1. The van der Waals surface area contributed by atoms with E-state index >= 15 is 0 Å². The zero-order valence-corrected chi connectivity index (χ0v) is 24.5. The Morgan fingerprint density at radius 1 is 1.06 bits per heavy atom. The third-order valence-corrected chi connectivity index (χ3v) is 14.2. The average molecular weight is 500 g/mol. The number of rotatable bonds is 11. The molecular formula is C31H49NO2S. The molecule has 0 saturated carbocycles. The Labute approximate surface area is 215 Å². The normalized spacial score (nSPS) is 13.5. The summed E-state index contributed by atoms with van der Waals surface area (Å²) in [6.07, 6.45) is 13.2. The lowest BCUT2D eigenvalue weighted by atomic mass is 10.0. The molecule has 0 spiro atoms. The molecule has 0 heterocycles. The molecule has 2 aromatic rings. The summed E-state index contributed by atoms with van der Waals surface area (Å²) in [6, 6.07) is 13.6. The van der Waals surface area contributed by atoms with Gasteiger partial charge in [0.1, 0.15) is 5.76 Å². The highest BCUT2D eigenvalue weighted by Gasteiger charge is 2.38. The maximum absolute atomic E-state index is 9.43. The number of methoxy groups -OCH3 is 1. The molecule has 0 atom stereocenters. The zero-order valence-electron chi connectivity index (χ0n) is 23.6. The third-order valence-electron chi connectivity index (χ3n) is 7.74. The van der Waals surface area contributed by atoms with Crippen molar-refractivity contribution in [2.24, 2.45) is 0 Å². The Bertz CT molecular complexity index is 1030. The third kappa shape index (κ3) is 7.41. The molecule has 0 aromatic heterocycles. The van der Waals surface area contributed by atoms with Crippen LogP contribution in [0.25, 0.3) is 6.08 Å². The summed E-state index contributed by atoms with van der Waals surface area (Å²) in [5, 5.41) is 9.43. The Kier molecular flexibility index (Phi) is 9.35. The van der Waals surface area contributed by atoms with E-state index in [1.165, 1.54) is 28.1 Å². The van der Waals surface area contributed by atoms with Gasteiger partial charge in [-0.15, -0.1) is 0 Å². The molecule has 3 nitrogen and oxygen atoms in total. The summed E-state index contributed by atoms with van der Waals surface area (Å²) in [5.74, 6) is 1.76. The van der Waals surface area contributed by atoms with Gasteiger partial charge >= 0.3 is 0 Å². The molecule has 0 amide bonds. The fourth-order valence-corrected chi connectivity index (χ4v) is 6.17. The number of hydrogen-bond donors (Lipinski definition) is 2. The van der Waals surface area contributed by atoms with Gasteiger partial charge in [-0.05, 0) is 109 Å². The van der Waals surface area contributed by atoms with Gasteiger partial charge < -0.3 is 14.7 Å². The van der Waals surface area contributed by atoms with Gasteiger partial charge in [0.2, 0.25) is 0 Å². The molecular weight excluding hydrogens is 450 g/mol. The summed E-state index contributed by atoms with van der Waals surface area (Å²) < 4.78 is 5.46. The van der Waals surface area contributed by atoms with Gasteiger partial charge in [0.15, 0.2) is 0 Å². The summed E-state index contributed by atoms with van der Waals surface area (Å²) >= 11 is 0. The molecule has 2 aromatic carbocycles. The molecule has 0 radical (unpaired) electrons. The molecule has 1 N–H and O–H groups in total. The quantitative estimate of drug-likeness (QED) is 0.144. The highest BCUT2D eigenvalue weighted by molar-refractivity contribution is 8.48. The number of allylic oxidation sites excluding steroid dienone is 1. The van der Waals surface area contributed by atoms with Crippen molar-refractivity contribution in [2.45, 2.75) is 58.0 Å². The number of aliphatic hydroxyl groups is 1. The monoisotopic (exact) mass is 499 g/mol. The van der Waals surface area contributed by atoms with E-state index in [2.05, 4.69) is 101 Å². The molecule has 0 saturated heterocycles. The Balaban J connectivity index is 2.51. The van der Waals surface area contributed by atoms with Crippen molar-refractivity contribution < 1.29 is 9.84 Å². The van der Waals surface area contributed by atoms with E-state index in [-0.39, 0.29) is 11.4 Å². The minimum atomic E-state index is -1.93. The smallest absolute Gasteiger partial charge is 0.111 e. The van der Waals surface area contributed by atoms with Crippen LogP contribution in [0.2, 0.25) is 0 Å². The number of unbranched alkanes of at least 4 members (excludes halogenated alkanes) is 1. The van der Waals surface area contributed by atoms with E-state index < -0.39 is 9.16 Å². The van der Waals surface area contributed by atoms with Crippen LogP contribution in [0, 0.1) is 13.8 Å². The van der Waals surface area contributed by atoms with Gasteiger partial charge in [0, 0.05) is 24.5 Å². The second kappa shape index (κ2) is 11.3. The molecule has 0 aliphatic rings. The molecule has 0 bridgehead atoms. The highest BCUT2D eigenvalue weighted by Crippen LogP contribution is 2.71. The maximum atomic E-state index is 9.43. The predicted molar refractivity (Wildman–Crippen MR) is 161 cm³/mol. The van der Waals surface area contributed by atoms with Crippen molar-refractivity contribution in [1.82, 2.24) is 0 Å². The van der Waals surface area contributed by atoms with Gasteiger partial charge in [-0.3, -0.25) is 9.16 Å². The van der Waals surface area contributed by atoms with Gasteiger partial charge in [-0.1, -0.05) is 45.6 Å². The number of benzene rings is 2. The highest BCUT2D eigenvalue weighted by atomic mass is 32.3. The fourth-order valence-electron chi connectivity index (χ4n) is 4.22. The second-order valence-electron chi connectivity index (χ2n) is 12.2. The van der Waals surface area contributed by atoms with Crippen LogP contribution in [0.5, 0.6) is 0 Å². The predicted octanol–water partition coefficient (Wildman–Crippen LogP) is 7.65. The lowest BCUT2D eigenvalue weighted by Crippen LogP contribution is -2.36. The van der Waals surface area contributed by atoms with Crippen LogP contribution in [0.4, 0.5) is 11.4 Å². The largest absolute Gasteiger partial charge is 0.497 e. The molecule has 2 rings (SSSR count). The second-order valence-corrected chi connectivity index (χ2v) is 20.1. The van der Waals surface area contributed by atoms with Crippen LogP contribution in [0.3, 0.4) is 0 Å². The molecule has 0 aliphatic carbocycles. The molecule has 35 heavy (non-hydrogen) atoms. The first-order valence-electron chi connectivity index (χ1n) is 12.7. The van der Waals surface area contributed by atoms with Gasteiger partial charge in [-0.25, -0.2) is 0 Å². The minimum absolute atomic E-state index is 0.223. The SMILES string of the molecule is C=C(/C=C/c1cc(C)c(N(CCCCO)c2cccc(C[SH](C)(C)(C)C(C)(C)C)c2)c(C)c1)OC. The Morgan fingerprint density at radius 3 is 2.23 bits per heavy atom. The van der Waals surface area contributed by atoms with Crippen molar-refractivity contribution >= 4 is 26.6 Å². The number of anilines is 2. The zero-order chi connectivity index (χ0) is 26.5. The van der Waals surface area contributed by atoms with Crippen LogP contribution in [0.15, 0.2) is 54.8 Å². The number of aryl methyl sites for hydroxylation is 2. The van der Waals surface area contributed by atoms with E-state index in [4.69, 9.17) is 4.74 Å². The number of nitrogens with zero attached hydrogens (tertiary/aromatic N) is 1. The lowest BCUT2D eigenvalue weighted by molar-refractivity contribution is 0.285. The summed E-state index contributed by atoms with van der Waals surface area (Å²) in [5.41, 5.74) is 7.49. The van der Waals surface area contributed by atoms with E-state index in [0.29, 0.717) is 5.76 Å². The lowest BCUT2D eigenvalue weighted by Gasteiger charge is -2.62. The van der Waals surface area contributed by atoms with E-state index in [0.717, 1.165) is 30.7 Å². The van der Waals surface area contributed by atoms with Gasteiger partial charge in [0.25, 0.3) is 0 Å². The standard InChI is InChI=1S/C31H49NO2S/c1-24-20-27(17-16-26(3)34-7)21-25(2)30(24)32(18-11-12-19-33)29-15-13-14-28(22-29)23-35(8,9,10)31(4,5)6/h13-17,20-22,33,35H,3,11-12,18-19,23H2,1-2,4-10H3/b17-16+. The van der Waals surface area contributed by atoms with Crippen molar-refractivity contribution in [1.29, 1.82) is 0 Å². The van der Waals surface area contributed by atoms with E-state index in [1.54, 1.807) is 7.11 Å². The number of hydrogen-bond acceptors (Lipinski definition) is 3. The fraction of sp³-hybridized carbons (Fsp3) is 0.484. The summed E-state index contributed by atoms with van der Waals surface area (Å²) in [7, 11) is -0.291. The van der Waals surface area contributed by atoms with Crippen LogP contribution < -0.4 is 4.90 Å². The summed E-state index contributed by atoms with van der Waals surface area (Å²) in [4.78, 5) is 2.44. The van der Waals surface area contributed by atoms with Gasteiger partial charge in [-0.2, -0.15) is 0 Å². The van der Waals surface area contributed by atoms with Crippen LogP contribution >= 0.6 is 9.16 Å². The molecule has 4 heteroatoms. The Hall–Kier alpha value is -2.17. The molecule has 196 valence electrons. The summed E-state index contributed by atoms with van der Waals surface area (Å²) in [6.45, 7) is 16.5. The van der Waals surface area contributed by atoms with Crippen LogP contribution in [-0.4, -0.2) is 48.9 Å². The maximum Gasteiger partial charge on any atom is 0.111 e. The van der Waals surface area contributed by atoms with E-state index in [9.17, 15) is 5.11 Å². The minimum Gasteiger partial charge on any atom is -0.497 e. The molecule has 0 unspecified atom stereocenters. The van der Waals surface area contributed by atoms with Crippen molar-refractivity contribution in [3.05, 3.63) is 77.1 Å². The van der Waals surface area contributed by atoms with Crippen LogP contribution in [0.1, 0.15) is 55.9 Å². The average Bonchev–Trinajstić information content (AvgIpc) is 2.74. The number of thiol groups is 1. The molecule has 0 aliphatic heterocycles. The van der Waals surface area contributed by atoms with Crippen molar-refractivity contribution in [3.8, 4) is 0 Å².